The first-order valence-electron chi connectivity index (χ1n) is 7.93. The van der Waals surface area contributed by atoms with E-state index in [4.69, 9.17) is 23.2 Å². The lowest BCUT2D eigenvalue weighted by Gasteiger charge is -2.12. The molecule has 130 valence electrons. The summed E-state index contributed by atoms with van der Waals surface area (Å²) in [5.41, 5.74) is 3.94. The van der Waals surface area contributed by atoms with Crippen LogP contribution < -0.4 is 0 Å². The third-order valence-corrected chi connectivity index (χ3v) is 4.76. The minimum Gasteiger partial charge on any atom is -0.316 e. The Morgan fingerprint density at radius 2 is 1.85 bits per heavy atom. The Morgan fingerprint density at radius 3 is 2.54 bits per heavy atom. The van der Waals surface area contributed by atoms with Crippen LogP contribution in [0.5, 0.6) is 0 Å². The van der Waals surface area contributed by atoms with Crippen LogP contribution in [-0.2, 0) is 0 Å². The summed E-state index contributed by atoms with van der Waals surface area (Å²) in [6.07, 6.45) is 1.69. The molecule has 0 N–H and O–H groups in total. The van der Waals surface area contributed by atoms with Crippen molar-refractivity contribution in [1.82, 2.24) is 4.57 Å². The molecule has 3 rings (SSSR count). The second kappa shape index (κ2) is 7.37. The summed E-state index contributed by atoms with van der Waals surface area (Å²) in [4.78, 5) is 0. The van der Waals surface area contributed by atoms with Crippen molar-refractivity contribution in [1.29, 1.82) is 5.26 Å². The van der Waals surface area contributed by atoms with Crippen LogP contribution in [0.1, 0.15) is 22.5 Å². The standard InChI is InChI=1S/C21H15Cl2FN2/c1-13-9-15(10-16(12-25)18-5-3-4-6-20(18)24)14(2)26(13)21-11-17(22)7-8-19(21)23/h3-11H,1-2H3. The maximum Gasteiger partial charge on any atom is 0.131 e. The van der Waals surface area contributed by atoms with Crippen LogP contribution in [0.2, 0.25) is 10.0 Å². The minimum atomic E-state index is -0.424. The third-order valence-electron chi connectivity index (χ3n) is 4.20. The van der Waals surface area contributed by atoms with Crippen LogP contribution in [0.4, 0.5) is 4.39 Å². The molecule has 0 amide bonds. The molecule has 0 radical (unpaired) electrons. The van der Waals surface area contributed by atoms with Gasteiger partial charge in [0.25, 0.3) is 0 Å². The highest BCUT2D eigenvalue weighted by atomic mass is 35.5. The number of halogens is 3. The summed E-state index contributed by atoms with van der Waals surface area (Å²) in [5.74, 6) is -0.424. The molecule has 2 aromatic carbocycles. The Morgan fingerprint density at radius 1 is 1.12 bits per heavy atom. The lowest BCUT2D eigenvalue weighted by molar-refractivity contribution is 0.624. The Kier molecular flexibility index (Phi) is 5.18. The quantitative estimate of drug-likeness (QED) is 0.467. The molecule has 0 spiro atoms. The predicted octanol–water partition coefficient (Wildman–Crippen LogP) is 6.60. The van der Waals surface area contributed by atoms with Gasteiger partial charge in [-0.3, -0.25) is 0 Å². The summed E-state index contributed by atoms with van der Waals surface area (Å²) in [5, 5.41) is 10.7. The average molecular weight is 385 g/mol. The van der Waals surface area contributed by atoms with Crippen molar-refractivity contribution in [2.45, 2.75) is 13.8 Å². The zero-order valence-corrected chi connectivity index (χ0v) is 15.7. The van der Waals surface area contributed by atoms with Gasteiger partial charge in [-0.25, -0.2) is 4.39 Å². The number of aryl methyl sites for hydroxylation is 1. The van der Waals surface area contributed by atoms with Gasteiger partial charge < -0.3 is 4.57 Å². The molecular weight excluding hydrogens is 370 g/mol. The van der Waals surface area contributed by atoms with Crippen LogP contribution >= 0.6 is 23.2 Å². The zero-order valence-electron chi connectivity index (χ0n) is 14.2. The fraction of sp³-hybridized carbons (Fsp3) is 0.0952. The van der Waals surface area contributed by atoms with Crippen molar-refractivity contribution in [3.63, 3.8) is 0 Å². The number of hydrogen-bond donors (Lipinski definition) is 0. The second-order valence-electron chi connectivity index (χ2n) is 5.91. The molecule has 5 heteroatoms. The maximum atomic E-state index is 14.0. The molecular formula is C21H15Cl2FN2. The Hall–Kier alpha value is -2.54. The van der Waals surface area contributed by atoms with Gasteiger partial charge in [-0.05, 0) is 55.8 Å². The normalized spacial score (nSPS) is 11.5. The molecule has 1 heterocycles. The molecule has 3 aromatic rings. The Bertz CT molecular complexity index is 1060. The highest BCUT2D eigenvalue weighted by Gasteiger charge is 2.14. The lowest BCUT2D eigenvalue weighted by atomic mass is 10.0. The van der Waals surface area contributed by atoms with E-state index in [0.29, 0.717) is 10.0 Å². The number of benzene rings is 2. The zero-order chi connectivity index (χ0) is 18.8. The van der Waals surface area contributed by atoms with E-state index in [1.165, 1.54) is 6.07 Å². The number of aromatic nitrogens is 1. The molecule has 0 aliphatic heterocycles. The second-order valence-corrected chi connectivity index (χ2v) is 6.75. The number of rotatable bonds is 3. The molecule has 0 saturated heterocycles. The number of nitriles is 1. The van der Waals surface area contributed by atoms with E-state index in [2.05, 4.69) is 6.07 Å². The van der Waals surface area contributed by atoms with Crippen molar-refractivity contribution < 1.29 is 4.39 Å². The molecule has 0 unspecified atom stereocenters. The van der Waals surface area contributed by atoms with Crippen LogP contribution in [0.25, 0.3) is 17.3 Å². The van der Waals surface area contributed by atoms with Gasteiger partial charge in [-0.1, -0.05) is 41.4 Å². The van der Waals surface area contributed by atoms with E-state index < -0.39 is 5.82 Å². The van der Waals surface area contributed by atoms with Gasteiger partial charge >= 0.3 is 0 Å². The molecule has 2 nitrogen and oxygen atoms in total. The molecule has 26 heavy (non-hydrogen) atoms. The van der Waals surface area contributed by atoms with Crippen molar-refractivity contribution >= 4 is 34.9 Å². The van der Waals surface area contributed by atoms with E-state index >= 15 is 0 Å². The van der Waals surface area contributed by atoms with Crippen molar-refractivity contribution in [2.75, 3.05) is 0 Å². The van der Waals surface area contributed by atoms with Crippen molar-refractivity contribution in [3.8, 4) is 11.8 Å². The van der Waals surface area contributed by atoms with Crippen LogP contribution in [-0.4, -0.2) is 4.57 Å². The summed E-state index contributed by atoms with van der Waals surface area (Å²) < 4.78 is 16.0. The SMILES string of the molecule is Cc1cc(C=C(C#N)c2ccccc2F)c(C)n1-c1cc(Cl)ccc1Cl. The summed E-state index contributed by atoms with van der Waals surface area (Å²) >= 11 is 12.5. The van der Waals surface area contributed by atoms with Crippen LogP contribution in [0.3, 0.4) is 0 Å². The topological polar surface area (TPSA) is 28.7 Å². The third kappa shape index (κ3) is 3.39. The van der Waals surface area contributed by atoms with Crippen molar-refractivity contribution in [3.05, 3.63) is 86.9 Å². The number of allylic oxidation sites excluding steroid dienone is 1. The first-order chi connectivity index (χ1) is 12.4. The van der Waals surface area contributed by atoms with E-state index in [-0.39, 0.29) is 11.1 Å². The summed E-state index contributed by atoms with van der Waals surface area (Å²) in [6, 6.07) is 15.5. The molecule has 0 fully saturated rings. The molecule has 0 bridgehead atoms. The van der Waals surface area contributed by atoms with Gasteiger partial charge in [0.2, 0.25) is 0 Å². The van der Waals surface area contributed by atoms with Gasteiger partial charge in [0.1, 0.15) is 5.82 Å². The monoisotopic (exact) mass is 384 g/mol. The van der Waals surface area contributed by atoms with Crippen molar-refractivity contribution in [2.24, 2.45) is 0 Å². The maximum absolute atomic E-state index is 14.0. The number of nitrogens with zero attached hydrogens (tertiary/aromatic N) is 2. The van der Waals surface area contributed by atoms with E-state index in [1.807, 2.05) is 24.5 Å². The molecule has 0 aliphatic rings. The Balaban J connectivity index is 2.15. The molecule has 0 atom stereocenters. The van der Waals surface area contributed by atoms with Gasteiger partial charge in [-0.2, -0.15) is 5.26 Å². The molecule has 0 saturated carbocycles. The van der Waals surface area contributed by atoms with Gasteiger partial charge in [-0.15, -0.1) is 0 Å². The van der Waals surface area contributed by atoms with E-state index in [1.54, 1.807) is 42.5 Å². The fourth-order valence-electron chi connectivity index (χ4n) is 2.97. The first kappa shape index (κ1) is 18.3. The average Bonchev–Trinajstić information content (AvgIpc) is 2.89. The fourth-order valence-corrected chi connectivity index (χ4v) is 3.34. The molecule has 1 aromatic heterocycles. The first-order valence-corrected chi connectivity index (χ1v) is 8.69. The highest BCUT2D eigenvalue weighted by Crippen LogP contribution is 2.30. The van der Waals surface area contributed by atoms with E-state index in [9.17, 15) is 9.65 Å². The minimum absolute atomic E-state index is 0.264. The lowest BCUT2D eigenvalue weighted by Crippen LogP contribution is -2.00. The van der Waals surface area contributed by atoms with E-state index in [0.717, 1.165) is 22.6 Å². The smallest absolute Gasteiger partial charge is 0.131 e. The summed E-state index contributed by atoms with van der Waals surface area (Å²) in [7, 11) is 0. The van der Waals surface area contributed by atoms with Crippen LogP contribution in [0, 0.1) is 31.0 Å². The Labute approximate surface area is 161 Å². The van der Waals surface area contributed by atoms with Gasteiger partial charge in [0, 0.05) is 22.0 Å². The number of hydrogen-bond acceptors (Lipinski definition) is 1. The highest BCUT2D eigenvalue weighted by molar-refractivity contribution is 6.34. The van der Waals surface area contributed by atoms with Gasteiger partial charge in [0.05, 0.1) is 22.4 Å². The van der Waals surface area contributed by atoms with Crippen LogP contribution in [0.15, 0.2) is 48.5 Å². The molecule has 0 aliphatic carbocycles. The van der Waals surface area contributed by atoms with Gasteiger partial charge in [0.15, 0.2) is 0 Å². The predicted molar refractivity (Wildman–Crippen MR) is 105 cm³/mol. The summed E-state index contributed by atoms with van der Waals surface area (Å²) in [6.45, 7) is 3.86. The largest absolute Gasteiger partial charge is 0.316 e.